The molecule has 0 saturated heterocycles. The molecule has 1 heterocycles. The molecular formula is C5H6INOS. The summed E-state index contributed by atoms with van der Waals surface area (Å²) >= 11 is 3.73. The van der Waals surface area contributed by atoms with Crippen LogP contribution < -0.4 is 4.74 Å². The second-order valence-electron chi connectivity index (χ2n) is 1.52. The van der Waals surface area contributed by atoms with E-state index in [2.05, 4.69) is 27.6 Å². The van der Waals surface area contributed by atoms with Gasteiger partial charge in [-0.2, -0.15) is 0 Å². The molecule has 0 radical (unpaired) electrons. The minimum atomic E-state index is 0.910. The van der Waals surface area contributed by atoms with Crippen LogP contribution in [-0.2, 0) is 0 Å². The Kier molecular flexibility index (Phi) is 2.29. The first kappa shape index (κ1) is 7.27. The van der Waals surface area contributed by atoms with Crippen molar-refractivity contribution in [3.05, 3.63) is 8.71 Å². The van der Waals surface area contributed by atoms with Crippen molar-refractivity contribution in [2.75, 3.05) is 7.11 Å². The molecule has 0 saturated carbocycles. The third-order valence-corrected chi connectivity index (χ3v) is 2.88. The highest BCUT2D eigenvalue weighted by Crippen LogP contribution is 2.26. The summed E-state index contributed by atoms with van der Waals surface area (Å²) in [5.41, 5.74) is 0. The minimum absolute atomic E-state index is 0.910. The minimum Gasteiger partial charge on any atom is -0.485 e. The van der Waals surface area contributed by atoms with E-state index in [9.17, 15) is 0 Å². The number of hydrogen-bond donors (Lipinski definition) is 0. The molecule has 1 aromatic heterocycles. The Labute approximate surface area is 71.4 Å². The zero-order valence-corrected chi connectivity index (χ0v) is 8.12. The Balaban J connectivity index is 3.01. The van der Waals surface area contributed by atoms with Gasteiger partial charge in [0.25, 0.3) is 0 Å². The fourth-order valence-electron chi connectivity index (χ4n) is 0.509. The van der Waals surface area contributed by atoms with E-state index in [0.717, 1.165) is 13.8 Å². The summed E-state index contributed by atoms with van der Waals surface area (Å²) in [6.07, 6.45) is 0. The third-order valence-electron chi connectivity index (χ3n) is 0.850. The van der Waals surface area contributed by atoms with Crippen LogP contribution in [0.2, 0.25) is 0 Å². The Morgan fingerprint density at radius 3 is 2.56 bits per heavy atom. The van der Waals surface area contributed by atoms with Crippen LogP contribution in [-0.4, -0.2) is 12.1 Å². The highest BCUT2D eigenvalue weighted by molar-refractivity contribution is 14.1. The molecular weight excluding hydrogens is 249 g/mol. The van der Waals surface area contributed by atoms with E-state index in [1.54, 1.807) is 18.4 Å². The van der Waals surface area contributed by atoms with Gasteiger partial charge in [0, 0.05) is 0 Å². The molecule has 0 aliphatic rings. The van der Waals surface area contributed by atoms with Gasteiger partial charge in [-0.3, -0.25) is 0 Å². The van der Waals surface area contributed by atoms with Crippen LogP contribution in [0.25, 0.3) is 0 Å². The van der Waals surface area contributed by atoms with Crippen molar-refractivity contribution in [3.8, 4) is 5.06 Å². The van der Waals surface area contributed by atoms with E-state index in [4.69, 9.17) is 4.74 Å². The Hall–Kier alpha value is 0.160. The van der Waals surface area contributed by atoms with Gasteiger partial charge in [-0.1, -0.05) is 11.3 Å². The quantitative estimate of drug-likeness (QED) is 0.716. The number of hydrogen-bond acceptors (Lipinski definition) is 3. The number of halogens is 1. The zero-order valence-electron chi connectivity index (χ0n) is 5.14. The van der Waals surface area contributed by atoms with Crippen molar-refractivity contribution in [1.29, 1.82) is 0 Å². The van der Waals surface area contributed by atoms with E-state index in [1.165, 1.54) is 0 Å². The lowest BCUT2D eigenvalue weighted by Crippen LogP contribution is -1.79. The van der Waals surface area contributed by atoms with Gasteiger partial charge < -0.3 is 4.74 Å². The summed E-state index contributed by atoms with van der Waals surface area (Å²) in [6, 6.07) is 0. The number of aryl methyl sites for hydroxylation is 1. The molecule has 2 nitrogen and oxygen atoms in total. The maximum Gasteiger partial charge on any atom is 0.207 e. The molecule has 0 unspecified atom stereocenters. The lowest BCUT2D eigenvalue weighted by Gasteiger charge is -1.89. The monoisotopic (exact) mass is 255 g/mol. The summed E-state index contributed by atoms with van der Waals surface area (Å²) in [5, 5.41) is 1.96. The second-order valence-corrected chi connectivity index (χ2v) is 3.70. The first-order valence-electron chi connectivity index (χ1n) is 2.41. The van der Waals surface area contributed by atoms with Gasteiger partial charge >= 0.3 is 0 Å². The van der Waals surface area contributed by atoms with Crippen molar-refractivity contribution >= 4 is 33.9 Å². The van der Waals surface area contributed by atoms with Gasteiger partial charge in [-0.25, -0.2) is 4.98 Å². The van der Waals surface area contributed by atoms with Crippen LogP contribution in [0.15, 0.2) is 0 Å². The van der Waals surface area contributed by atoms with E-state index < -0.39 is 0 Å². The molecule has 1 rings (SSSR count). The molecule has 0 spiro atoms. The van der Waals surface area contributed by atoms with E-state index in [0.29, 0.717) is 0 Å². The molecule has 9 heavy (non-hydrogen) atoms. The number of thiazole rings is 1. The highest BCUT2D eigenvalue weighted by Gasteiger charge is 2.03. The number of ether oxygens (including phenoxy) is 1. The van der Waals surface area contributed by atoms with E-state index in [1.807, 2.05) is 6.92 Å². The molecule has 0 atom stereocenters. The average Bonchev–Trinajstić information content (AvgIpc) is 2.10. The topological polar surface area (TPSA) is 22.1 Å². The molecule has 0 bridgehead atoms. The summed E-state index contributed by atoms with van der Waals surface area (Å²) in [5.74, 6) is 0. The van der Waals surface area contributed by atoms with Crippen LogP contribution in [0.5, 0.6) is 5.06 Å². The molecule has 0 aliphatic heterocycles. The second kappa shape index (κ2) is 2.83. The Morgan fingerprint density at radius 2 is 2.33 bits per heavy atom. The summed E-state index contributed by atoms with van der Waals surface area (Å²) in [4.78, 5) is 4.16. The molecule has 50 valence electrons. The van der Waals surface area contributed by atoms with Crippen molar-refractivity contribution in [2.24, 2.45) is 0 Å². The first-order valence-corrected chi connectivity index (χ1v) is 4.30. The average molecular weight is 255 g/mol. The van der Waals surface area contributed by atoms with E-state index >= 15 is 0 Å². The van der Waals surface area contributed by atoms with E-state index in [-0.39, 0.29) is 0 Å². The summed E-state index contributed by atoms with van der Waals surface area (Å²) in [6.45, 7) is 1.97. The van der Waals surface area contributed by atoms with Gasteiger partial charge in [-0.05, 0) is 29.5 Å². The predicted octanol–water partition coefficient (Wildman–Crippen LogP) is 2.06. The zero-order chi connectivity index (χ0) is 6.85. The maximum atomic E-state index is 5.01. The standard InChI is InChI=1S/C5H6INOS/c1-3-7-4(6)5(8-2)9-3/h1-2H3. The molecule has 0 N–H and O–H groups in total. The lowest BCUT2D eigenvalue weighted by molar-refractivity contribution is 0.423. The number of aromatic nitrogens is 1. The molecule has 4 heteroatoms. The van der Waals surface area contributed by atoms with Crippen LogP contribution in [0.4, 0.5) is 0 Å². The number of rotatable bonds is 1. The van der Waals surface area contributed by atoms with Crippen molar-refractivity contribution in [3.63, 3.8) is 0 Å². The molecule has 0 aliphatic carbocycles. The van der Waals surface area contributed by atoms with Crippen LogP contribution in [0.3, 0.4) is 0 Å². The SMILES string of the molecule is COc1sc(C)nc1I. The molecule has 0 amide bonds. The van der Waals surface area contributed by atoms with Gasteiger partial charge in [0.15, 0.2) is 3.70 Å². The molecule has 0 aromatic carbocycles. The first-order chi connectivity index (χ1) is 4.24. The van der Waals surface area contributed by atoms with Gasteiger partial charge in [0.05, 0.1) is 12.1 Å². The van der Waals surface area contributed by atoms with Crippen LogP contribution in [0, 0.1) is 10.6 Å². The van der Waals surface area contributed by atoms with Gasteiger partial charge in [-0.15, -0.1) is 0 Å². The largest absolute Gasteiger partial charge is 0.485 e. The lowest BCUT2D eigenvalue weighted by atomic mass is 10.8. The Morgan fingerprint density at radius 1 is 1.67 bits per heavy atom. The number of methoxy groups -OCH3 is 1. The molecule has 0 fully saturated rings. The van der Waals surface area contributed by atoms with Crippen molar-refractivity contribution in [2.45, 2.75) is 6.92 Å². The van der Waals surface area contributed by atoms with Crippen LogP contribution in [0.1, 0.15) is 5.01 Å². The van der Waals surface area contributed by atoms with Gasteiger partial charge in [0.2, 0.25) is 5.06 Å². The summed E-state index contributed by atoms with van der Waals surface area (Å²) < 4.78 is 5.97. The third kappa shape index (κ3) is 1.54. The Bertz CT molecular complexity index is 211. The van der Waals surface area contributed by atoms with Crippen molar-refractivity contribution in [1.82, 2.24) is 4.98 Å². The normalized spacial score (nSPS) is 9.67. The summed E-state index contributed by atoms with van der Waals surface area (Å²) in [7, 11) is 1.66. The fraction of sp³-hybridized carbons (Fsp3) is 0.400. The molecule has 1 aromatic rings. The maximum absolute atomic E-state index is 5.01. The van der Waals surface area contributed by atoms with Crippen molar-refractivity contribution < 1.29 is 4.74 Å². The number of nitrogens with zero attached hydrogens (tertiary/aromatic N) is 1. The van der Waals surface area contributed by atoms with Crippen LogP contribution >= 0.6 is 33.9 Å². The van der Waals surface area contributed by atoms with Gasteiger partial charge in [0.1, 0.15) is 0 Å². The highest BCUT2D eigenvalue weighted by atomic mass is 127. The smallest absolute Gasteiger partial charge is 0.207 e. The predicted molar refractivity (Wildman–Crippen MR) is 46.1 cm³/mol. The fourth-order valence-corrected chi connectivity index (χ4v) is 2.20.